The average Bonchev–Trinajstić information content (AvgIpc) is 3.43. The summed E-state index contributed by atoms with van der Waals surface area (Å²) in [5.41, 5.74) is 6.28. The van der Waals surface area contributed by atoms with Gasteiger partial charge in [0.2, 0.25) is 0 Å². The predicted octanol–water partition coefficient (Wildman–Crippen LogP) is 2.66. The summed E-state index contributed by atoms with van der Waals surface area (Å²) in [5.74, 6) is -0.980. The van der Waals surface area contributed by atoms with Crippen molar-refractivity contribution in [3.63, 3.8) is 0 Å². The Morgan fingerprint density at radius 2 is 2.03 bits per heavy atom. The van der Waals surface area contributed by atoms with Crippen molar-refractivity contribution in [2.24, 2.45) is 39.7 Å². The van der Waals surface area contributed by atoms with Crippen LogP contribution in [0.1, 0.15) is 71.5 Å². The Morgan fingerprint density at radius 1 is 1.31 bits per heavy atom. The van der Waals surface area contributed by atoms with Crippen molar-refractivity contribution in [3.8, 4) is 0 Å². The molecule has 212 valence electrons. The molecule has 3 fully saturated rings. The predicted molar refractivity (Wildman–Crippen MR) is 150 cm³/mol. The number of carbonyl (C=O) groups is 2. The quantitative estimate of drug-likeness (QED) is 0.321. The molecule has 4 aliphatic rings. The normalized spacial score (nSPS) is 41.4. The highest BCUT2D eigenvalue weighted by atomic mass is 16.5. The molecule has 0 aromatic heterocycles. The number of rotatable bonds is 6. The number of anilines is 1. The molecular weight excluding hydrogens is 495 g/mol. The zero-order valence-electron chi connectivity index (χ0n) is 23.6. The van der Waals surface area contributed by atoms with Gasteiger partial charge in [-0.25, -0.2) is 0 Å². The first kappa shape index (κ1) is 28.3. The first-order valence-corrected chi connectivity index (χ1v) is 14.3. The maximum Gasteiger partial charge on any atom is 0.492 e. The van der Waals surface area contributed by atoms with Crippen molar-refractivity contribution in [2.75, 3.05) is 18.0 Å². The zero-order valence-corrected chi connectivity index (χ0v) is 23.6. The number of nitrogens with two attached hydrogens (primary N) is 1. The Morgan fingerprint density at radius 3 is 2.67 bits per heavy atom. The molecule has 1 aromatic carbocycles. The van der Waals surface area contributed by atoms with E-state index < -0.39 is 36.1 Å². The topological polar surface area (TPSA) is 133 Å². The molecule has 0 spiro atoms. The van der Waals surface area contributed by atoms with Crippen LogP contribution < -0.4 is 16.1 Å². The molecule has 2 bridgehead atoms. The summed E-state index contributed by atoms with van der Waals surface area (Å²) in [6.45, 7) is 12.6. The monoisotopic (exact) mass is 538 g/mol. The Bertz CT molecular complexity index is 1180. The SMILES string of the molecule is C=C[C@]1(C)C[C@@H](N(CC(=O)O)c2ccc3c(c2)B(O)OC3CN)[C@]2(C)[C@H](C)CC[C@]3(CCC(=O)[C@H]32)[C@@H](C)[C@@H]1O. The first-order chi connectivity index (χ1) is 18.3. The summed E-state index contributed by atoms with van der Waals surface area (Å²) in [5, 5.41) is 32.7. The van der Waals surface area contributed by atoms with E-state index >= 15 is 0 Å². The maximum absolute atomic E-state index is 13.8. The average molecular weight is 538 g/mol. The summed E-state index contributed by atoms with van der Waals surface area (Å²) in [6, 6.07) is 5.15. The highest BCUT2D eigenvalue weighted by molar-refractivity contribution is 6.61. The molecule has 1 heterocycles. The van der Waals surface area contributed by atoms with Crippen LogP contribution in [-0.2, 0) is 14.2 Å². The second kappa shape index (κ2) is 9.72. The van der Waals surface area contributed by atoms with Crippen LogP contribution in [0, 0.1) is 34.0 Å². The minimum atomic E-state index is -1.15. The standard InChI is InChI=1S/C30H43BN2O6/c1-6-28(4)14-24(29(5)17(2)9-11-30(18(3)27(28)37)12-10-22(34)26(29)30)33(16-25(35)36)19-7-8-20-21(13-19)31(38)39-23(20)15-32/h6-8,13,17-18,23-24,26-27,37-38H,1,9-12,14-16,32H2,2-5H3,(H,35,36)/t17-,18+,23?,24-,26+,27+,28-,29+,30+/m1/s1. The van der Waals surface area contributed by atoms with E-state index in [2.05, 4.69) is 27.4 Å². The van der Waals surface area contributed by atoms with Gasteiger partial charge in [-0.15, -0.1) is 6.58 Å². The van der Waals surface area contributed by atoms with Gasteiger partial charge in [-0.05, 0) is 66.1 Å². The minimum absolute atomic E-state index is 0.0989. The molecule has 0 saturated heterocycles. The van der Waals surface area contributed by atoms with E-state index in [1.54, 1.807) is 0 Å². The summed E-state index contributed by atoms with van der Waals surface area (Å²) >= 11 is 0. The van der Waals surface area contributed by atoms with E-state index in [1.807, 2.05) is 36.1 Å². The molecule has 3 saturated carbocycles. The number of benzene rings is 1. The van der Waals surface area contributed by atoms with Crippen LogP contribution in [0.4, 0.5) is 5.69 Å². The van der Waals surface area contributed by atoms with E-state index in [0.29, 0.717) is 24.0 Å². The van der Waals surface area contributed by atoms with Crippen molar-refractivity contribution >= 4 is 30.0 Å². The lowest BCUT2D eigenvalue weighted by Crippen LogP contribution is -2.66. The molecule has 0 amide bonds. The number of carboxylic acid groups (broad SMARTS) is 1. The van der Waals surface area contributed by atoms with Crippen LogP contribution in [0.2, 0.25) is 0 Å². The molecule has 1 aromatic rings. The fourth-order valence-corrected chi connectivity index (χ4v) is 9.07. The van der Waals surface area contributed by atoms with Gasteiger partial charge in [0.25, 0.3) is 0 Å². The van der Waals surface area contributed by atoms with Gasteiger partial charge in [0, 0.05) is 41.4 Å². The highest BCUT2D eigenvalue weighted by Crippen LogP contribution is 2.68. The van der Waals surface area contributed by atoms with Gasteiger partial charge < -0.3 is 30.5 Å². The van der Waals surface area contributed by atoms with E-state index in [-0.39, 0.29) is 48.1 Å². The van der Waals surface area contributed by atoms with E-state index in [4.69, 9.17) is 10.4 Å². The Balaban J connectivity index is 1.72. The van der Waals surface area contributed by atoms with Gasteiger partial charge in [0.05, 0.1) is 12.2 Å². The fraction of sp³-hybridized carbons (Fsp3) is 0.667. The number of carboxylic acids is 1. The number of nitrogens with zero attached hydrogens (tertiary/aromatic N) is 1. The van der Waals surface area contributed by atoms with E-state index in [9.17, 15) is 24.8 Å². The number of Topliss-reactive ketones (excluding diaryl/α,β-unsaturated/α-hetero) is 1. The van der Waals surface area contributed by atoms with Crippen LogP contribution >= 0.6 is 0 Å². The molecule has 39 heavy (non-hydrogen) atoms. The highest BCUT2D eigenvalue weighted by Gasteiger charge is 2.68. The summed E-state index contributed by atoms with van der Waals surface area (Å²) in [4.78, 5) is 28.1. The van der Waals surface area contributed by atoms with Gasteiger partial charge in [0.15, 0.2) is 0 Å². The van der Waals surface area contributed by atoms with Gasteiger partial charge in [-0.1, -0.05) is 39.8 Å². The number of fused-ring (bicyclic) bond motifs is 1. The minimum Gasteiger partial charge on any atom is -0.480 e. The van der Waals surface area contributed by atoms with Gasteiger partial charge >= 0.3 is 13.1 Å². The van der Waals surface area contributed by atoms with Gasteiger partial charge in [-0.3, -0.25) is 9.59 Å². The maximum atomic E-state index is 13.8. The third-order valence-corrected chi connectivity index (χ3v) is 11.5. The number of aliphatic hydroxyl groups excluding tert-OH is 1. The van der Waals surface area contributed by atoms with Crippen molar-refractivity contribution in [1.29, 1.82) is 0 Å². The van der Waals surface area contributed by atoms with Crippen LogP contribution in [-0.4, -0.2) is 59.3 Å². The molecule has 9 atom stereocenters. The molecule has 9 heteroatoms. The number of aliphatic carboxylic acids is 1. The van der Waals surface area contributed by atoms with Crippen LogP contribution in [0.3, 0.4) is 0 Å². The molecule has 5 N–H and O–H groups in total. The molecule has 3 aliphatic carbocycles. The van der Waals surface area contributed by atoms with Crippen LogP contribution in [0.25, 0.3) is 0 Å². The first-order valence-electron chi connectivity index (χ1n) is 14.3. The van der Waals surface area contributed by atoms with Crippen LogP contribution in [0.5, 0.6) is 0 Å². The molecule has 0 radical (unpaired) electrons. The molecule has 8 nitrogen and oxygen atoms in total. The number of aliphatic hydroxyl groups is 1. The lowest BCUT2D eigenvalue weighted by Gasteiger charge is -2.64. The number of ketones is 1. The lowest BCUT2D eigenvalue weighted by atomic mass is 9.43. The molecule has 5 rings (SSSR count). The van der Waals surface area contributed by atoms with E-state index in [0.717, 1.165) is 24.8 Å². The molecular formula is C30H43BN2O6. The number of hydrogen-bond donors (Lipinski definition) is 4. The van der Waals surface area contributed by atoms with E-state index in [1.165, 1.54) is 0 Å². The fourth-order valence-electron chi connectivity index (χ4n) is 9.07. The molecule has 1 unspecified atom stereocenters. The van der Waals surface area contributed by atoms with Crippen molar-refractivity contribution in [3.05, 3.63) is 36.4 Å². The van der Waals surface area contributed by atoms with Gasteiger partial charge in [0.1, 0.15) is 12.3 Å². The third-order valence-electron chi connectivity index (χ3n) is 11.5. The largest absolute Gasteiger partial charge is 0.492 e. The Kier molecular flexibility index (Phi) is 7.06. The smallest absolute Gasteiger partial charge is 0.480 e. The number of hydrogen-bond acceptors (Lipinski definition) is 7. The summed E-state index contributed by atoms with van der Waals surface area (Å²) in [7, 11) is -1.15. The van der Waals surface area contributed by atoms with Crippen LogP contribution in [0.15, 0.2) is 30.9 Å². The van der Waals surface area contributed by atoms with Crippen molar-refractivity contribution in [1.82, 2.24) is 0 Å². The number of carbonyl (C=O) groups excluding carboxylic acids is 1. The summed E-state index contributed by atoms with van der Waals surface area (Å²) < 4.78 is 5.63. The second-order valence-corrected chi connectivity index (χ2v) is 13.1. The summed E-state index contributed by atoms with van der Waals surface area (Å²) in [6.07, 6.45) is 4.14. The molecule has 1 aliphatic heterocycles. The third kappa shape index (κ3) is 4.03. The van der Waals surface area contributed by atoms with Crippen molar-refractivity contribution < 1.29 is 29.5 Å². The van der Waals surface area contributed by atoms with Crippen molar-refractivity contribution in [2.45, 2.75) is 78.0 Å². The Hall–Kier alpha value is -2.20. The second-order valence-electron chi connectivity index (χ2n) is 13.1. The lowest BCUT2D eigenvalue weighted by molar-refractivity contribution is -0.164. The van der Waals surface area contributed by atoms with Gasteiger partial charge in [-0.2, -0.15) is 0 Å². The zero-order chi connectivity index (χ0) is 28.5. The Labute approximate surface area is 231 Å².